The number of anilines is 3. The summed E-state index contributed by atoms with van der Waals surface area (Å²) in [5.41, 5.74) is 10.8. The fourth-order valence-electron chi connectivity index (χ4n) is 9.96. The number of aromatic nitrogens is 8. The van der Waals surface area contributed by atoms with Crippen molar-refractivity contribution in [2.45, 2.75) is 53.9 Å². The standard InChI is InChI=1S/C18H17FIN5O.C17H16FN3O2.C13H15NO2.C11H9IN2O2.C9H14FN3.C5H3F2N/c1-2-25(17-5-3-4-16(19)24-17)9-8-21-18(26)15-11-22-14-10-12(20)6-7-13(14)23-15;1-2-20(15-9-5-8-14(18)19-15)10-11-21-16(22)12-6-3-4-7-13(12)17(21)23;1-2-3-6-9-14-12(15)10-7-4-5-8-11(10)13(14)16;1-2-16-11(15)10-6-13-9-5-7(12)3-4-8(9)14-10;1-2-13(7-6-11)9-5-3-4-8(10)12-9;6-4-2-1-3-5(7)8-4/h3-7,10-11H,2,8-9H2,1H3,(H,21,26);3-9H,2,10-11H2,1H3;4-5,7-8H,2-3,6,9H2,1H3;3-6H,2H2,1H3;3-5H,2,6-7,11H2,1H3;1-3H. The van der Waals surface area contributed by atoms with Gasteiger partial charge in [0, 0.05) is 72.6 Å². The number of pyridine rings is 4. The number of likely N-dealkylation sites (N-methyl/N-ethyl adjacent to an activating group) is 3. The maximum atomic E-state index is 13.3. The van der Waals surface area contributed by atoms with Crippen LogP contribution in [0.3, 0.4) is 0 Å². The van der Waals surface area contributed by atoms with Crippen LogP contribution in [0, 0.1) is 36.9 Å². The average molecular weight is 1620 g/mol. The Hall–Kier alpha value is -10.2. The first-order valence-corrected chi connectivity index (χ1v) is 34.7. The molecule has 2 aliphatic heterocycles. The quantitative estimate of drug-likeness (QED) is 0.0169. The molecule has 29 heteroatoms. The Balaban J connectivity index is 0.000000177. The smallest absolute Gasteiger partial charge is 0.358 e. The number of carbonyl (C=O) groups excluding carboxylic acids is 6. The lowest BCUT2D eigenvalue weighted by Crippen LogP contribution is -2.38. The predicted octanol–water partition coefficient (Wildman–Crippen LogP) is 12.6. The molecule has 0 unspecified atom stereocenters. The molecular formula is C73H74F5I2N15O7. The Morgan fingerprint density at radius 1 is 0.461 bits per heavy atom. The van der Waals surface area contributed by atoms with Crippen LogP contribution in [0.1, 0.15) is 116 Å². The molecule has 0 aliphatic carbocycles. The zero-order chi connectivity index (χ0) is 73.7. The van der Waals surface area contributed by atoms with Gasteiger partial charge < -0.3 is 30.5 Å². The van der Waals surface area contributed by atoms with Gasteiger partial charge in [-0.05, 0) is 188 Å². The second-order valence-corrected chi connectivity index (χ2v) is 24.3. The number of nitrogens with zero attached hydrogens (tertiary/aromatic N) is 13. The maximum Gasteiger partial charge on any atom is 0.358 e. The first-order chi connectivity index (χ1) is 49.2. The van der Waals surface area contributed by atoms with E-state index in [2.05, 4.69) is 97.3 Å². The molecule has 0 bridgehead atoms. The Kier molecular flexibility index (Phi) is 31.3. The van der Waals surface area contributed by atoms with Crippen molar-refractivity contribution in [3.05, 3.63) is 241 Å². The lowest BCUT2D eigenvalue weighted by molar-refractivity contribution is 0.0517. The molecule has 10 aromatic rings. The highest BCUT2D eigenvalue weighted by atomic mass is 127. The fraction of sp³-hybridized carbons (Fsp3) is 0.260. The van der Waals surface area contributed by atoms with Crippen LogP contribution in [0.2, 0.25) is 0 Å². The van der Waals surface area contributed by atoms with Crippen LogP contribution in [-0.4, -0.2) is 157 Å². The minimum absolute atomic E-state index is 0.142. The highest BCUT2D eigenvalue weighted by Crippen LogP contribution is 2.25. The number of hydrogen-bond donors (Lipinski definition) is 2. The molecule has 0 spiro atoms. The molecule has 12 rings (SSSR count). The summed E-state index contributed by atoms with van der Waals surface area (Å²) in [7, 11) is 0. The molecule has 5 amide bonds. The van der Waals surface area contributed by atoms with Gasteiger partial charge in [0.2, 0.25) is 29.7 Å². The number of unbranched alkanes of at least 4 members (excludes halogenated alkanes) is 2. The van der Waals surface area contributed by atoms with Gasteiger partial charge in [0.05, 0.1) is 63.3 Å². The van der Waals surface area contributed by atoms with E-state index in [-0.39, 0.29) is 47.5 Å². The van der Waals surface area contributed by atoms with Crippen molar-refractivity contribution < 1.29 is 55.5 Å². The van der Waals surface area contributed by atoms with Gasteiger partial charge in [-0.3, -0.25) is 43.7 Å². The van der Waals surface area contributed by atoms with E-state index in [9.17, 15) is 50.7 Å². The van der Waals surface area contributed by atoms with E-state index in [1.54, 1.807) is 91.9 Å². The third kappa shape index (κ3) is 22.9. The van der Waals surface area contributed by atoms with Gasteiger partial charge >= 0.3 is 5.97 Å². The second kappa shape index (κ2) is 40.3. The van der Waals surface area contributed by atoms with Gasteiger partial charge in [-0.1, -0.05) is 68.3 Å². The summed E-state index contributed by atoms with van der Waals surface area (Å²) in [6.45, 7) is 15.4. The second-order valence-electron chi connectivity index (χ2n) is 21.8. The van der Waals surface area contributed by atoms with Crippen LogP contribution in [0.25, 0.3) is 22.1 Å². The zero-order valence-electron chi connectivity index (χ0n) is 56.5. The Bertz CT molecular complexity index is 4430. The topological polar surface area (TPSA) is 269 Å². The number of fused-ring (bicyclic) bond motifs is 4. The Labute approximate surface area is 613 Å². The molecule has 0 atom stereocenters. The van der Waals surface area contributed by atoms with Crippen molar-refractivity contribution in [2.75, 3.05) is 86.8 Å². The van der Waals surface area contributed by atoms with Crippen LogP contribution >= 0.6 is 45.2 Å². The molecule has 0 saturated carbocycles. The Morgan fingerprint density at radius 3 is 1.25 bits per heavy atom. The molecule has 0 saturated heterocycles. The van der Waals surface area contributed by atoms with E-state index in [0.717, 1.165) is 56.1 Å². The third-order valence-electron chi connectivity index (χ3n) is 15.0. The summed E-state index contributed by atoms with van der Waals surface area (Å²) in [6.07, 6.45) is 5.94. The van der Waals surface area contributed by atoms with E-state index in [1.807, 2.05) is 71.9 Å². The van der Waals surface area contributed by atoms with Gasteiger partial charge in [-0.25, -0.2) is 29.7 Å². The van der Waals surface area contributed by atoms with E-state index in [0.29, 0.717) is 110 Å². The highest BCUT2D eigenvalue weighted by Gasteiger charge is 2.36. The van der Waals surface area contributed by atoms with Crippen LogP contribution in [0.4, 0.5) is 39.4 Å². The summed E-state index contributed by atoms with van der Waals surface area (Å²) >= 11 is 4.41. The van der Waals surface area contributed by atoms with Crippen molar-refractivity contribution in [2.24, 2.45) is 5.73 Å². The van der Waals surface area contributed by atoms with Gasteiger partial charge in [0.1, 0.15) is 23.1 Å². The van der Waals surface area contributed by atoms with Crippen molar-refractivity contribution in [1.29, 1.82) is 0 Å². The van der Waals surface area contributed by atoms with Crippen LogP contribution in [0.5, 0.6) is 0 Å². The van der Waals surface area contributed by atoms with Gasteiger partial charge in [-0.15, -0.1) is 0 Å². The minimum Gasteiger partial charge on any atom is -0.461 e. The summed E-state index contributed by atoms with van der Waals surface area (Å²) in [5, 5.41) is 2.82. The number of halogens is 7. The number of esters is 1. The average Bonchev–Trinajstić information content (AvgIpc) is 1.63. The fourth-order valence-corrected chi connectivity index (χ4v) is 10.9. The largest absolute Gasteiger partial charge is 0.461 e. The summed E-state index contributed by atoms with van der Waals surface area (Å²) in [5.74, 6) is -3.00. The number of rotatable bonds is 21. The summed E-state index contributed by atoms with van der Waals surface area (Å²) < 4.78 is 69.9. The van der Waals surface area contributed by atoms with Crippen LogP contribution < -0.4 is 25.8 Å². The van der Waals surface area contributed by atoms with E-state index in [4.69, 9.17) is 10.5 Å². The van der Waals surface area contributed by atoms with Crippen molar-refractivity contribution in [1.82, 2.24) is 55.0 Å². The number of ether oxygens (including phenoxy) is 1. The van der Waals surface area contributed by atoms with Crippen LogP contribution in [0.15, 0.2) is 170 Å². The molecule has 22 nitrogen and oxygen atoms in total. The molecule has 6 aromatic heterocycles. The molecule has 102 heavy (non-hydrogen) atoms. The number of hydrogen-bond acceptors (Lipinski definition) is 19. The third-order valence-corrected chi connectivity index (χ3v) is 16.4. The van der Waals surface area contributed by atoms with E-state index >= 15 is 0 Å². The van der Waals surface area contributed by atoms with Crippen molar-refractivity contribution in [3.8, 4) is 0 Å². The first kappa shape index (κ1) is 79.2. The SMILES string of the molecule is CCCCCN1C(=O)c2ccccc2C1=O.CCN(CCN)c1cccc(F)n1.CCN(CCN1C(=O)c2ccccc2C1=O)c1cccc(F)n1.CCN(CCNC(=O)c1cnc2cc(I)ccc2n1)c1cccc(F)n1.CCOC(=O)c1cnc2cc(I)ccc2n1.Fc1cccc(F)n1. The predicted molar refractivity (Wildman–Crippen MR) is 395 cm³/mol. The lowest BCUT2D eigenvalue weighted by atomic mass is 10.1. The first-order valence-electron chi connectivity index (χ1n) is 32.5. The summed E-state index contributed by atoms with van der Waals surface area (Å²) in [4.78, 5) is 112. The van der Waals surface area contributed by atoms with E-state index in [1.165, 1.54) is 46.5 Å². The van der Waals surface area contributed by atoms with Crippen molar-refractivity contribution >= 4 is 120 Å². The molecule has 0 radical (unpaired) electrons. The minimum atomic E-state index is -0.787. The number of nitrogens with two attached hydrogens (primary N) is 1. The maximum absolute atomic E-state index is 13.3. The molecule has 4 aromatic carbocycles. The number of amides is 5. The molecule has 532 valence electrons. The number of benzene rings is 4. The zero-order valence-corrected chi connectivity index (χ0v) is 60.8. The number of carbonyl (C=O) groups is 6. The number of nitrogens with one attached hydrogen (secondary N) is 1. The van der Waals surface area contributed by atoms with Gasteiger partial charge in [0.25, 0.3) is 29.5 Å². The van der Waals surface area contributed by atoms with Gasteiger partial charge in [-0.2, -0.15) is 26.9 Å². The van der Waals surface area contributed by atoms with E-state index < -0.39 is 35.7 Å². The molecule has 0 fully saturated rings. The van der Waals surface area contributed by atoms with Crippen molar-refractivity contribution in [3.63, 3.8) is 0 Å². The van der Waals surface area contributed by atoms with Crippen LogP contribution in [-0.2, 0) is 4.74 Å². The number of imide groups is 2. The molecule has 2 aliphatic rings. The molecule has 8 heterocycles. The molecular weight excluding hydrogens is 1550 g/mol. The van der Waals surface area contributed by atoms with Gasteiger partial charge in [0.15, 0.2) is 5.69 Å². The lowest BCUT2D eigenvalue weighted by Gasteiger charge is -2.24. The normalized spacial score (nSPS) is 11.7. The molecule has 3 N–H and O–H groups in total. The Morgan fingerprint density at radius 2 is 0.853 bits per heavy atom. The monoisotopic (exact) mass is 1620 g/mol. The highest BCUT2D eigenvalue weighted by molar-refractivity contribution is 14.1. The summed E-state index contributed by atoms with van der Waals surface area (Å²) in [6, 6.07) is 42.6.